The van der Waals surface area contributed by atoms with Crippen molar-refractivity contribution in [2.45, 2.75) is 45.7 Å². The molecule has 0 saturated carbocycles. The summed E-state index contributed by atoms with van der Waals surface area (Å²) in [4.78, 5) is 13.1. The number of hydrogen-bond acceptors (Lipinski definition) is 3. The topological polar surface area (TPSA) is 72.3 Å². The zero-order chi connectivity index (χ0) is 11.1. The van der Waals surface area contributed by atoms with Crippen molar-refractivity contribution < 1.29 is 4.79 Å². The van der Waals surface area contributed by atoms with Crippen molar-refractivity contribution in [2.75, 3.05) is 13.1 Å². The molecule has 0 fully saturated rings. The minimum atomic E-state index is -0.276. The Labute approximate surface area is 86.6 Å². The fourth-order valence-corrected chi connectivity index (χ4v) is 1.69. The van der Waals surface area contributed by atoms with E-state index in [-0.39, 0.29) is 11.9 Å². The third-order valence-corrected chi connectivity index (χ3v) is 2.32. The molecule has 0 rings (SSSR count). The van der Waals surface area contributed by atoms with Crippen molar-refractivity contribution in [1.82, 2.24) is 4.90 Å². The predicted molar refractivity (Wildman–Crippen MR) is 58.8 cm³/mol. The number of hydrogen-bond donors (Lipinski definition) is 2. The van der Waals surface area contributed by atoms with Gasteiger partial charge in [0.05, 0.1) is 0 Å². The summed E-state index contributed by atoms with van der Waals surface area (Å²) in [5.74, 6) is -0.276. The Morgan fingerprint density at radius 3 is 2.29 bits per heavy atom. The Hall–Kier alpha value is -0.610. The molecule has 0 aromatic rings. The minimum Gasteiger partial charge on any atom is -0.370 e. The van der Waals surface area contributed by atoms with E-state index in [0.717, 1.165) is 13.0 Å². The first-order valence-electron chi connectivity index (χ1n) is 5.27. The molecule has 84 valence electrons. The molecule has 0 heterocycles. The Morgan fingerprint density at radius 1 is 1.43 bits per heavy atom. The minimum absolute atomic E-state index is 0.0902. The molecule has 0 saturated heterocycles. The summed E-state index contributed by atoms with van der Waals surface area (Å²) in [7, 11) is 0. The van der Waals surface area contributed by atoms with Gasteiger partial charge >= 0.3 is 0 Å². The van der Waals surface area contributed by atoms with E-state index in [4.69, 9.17) is 11.5 Å². The predicted octanol–water partition coefficient (Wildman–Crippen LogP) is 0.310. The molecule has 1 atom stereocenters. The van der Waals surface area contributed by atoms with Gasteiger partial charge in [-0.25, -0.2) is 0 Å². The van der Waals surface area contributed by atoms with Gasteiger partial charge in [0.25, 0.3) is 0 Å². The van der Waals surface area contributed by atoms with E-state index in [1.54, 1.807) is 0 Å². The highest BCUT2D eigenvalue weighted by atomic mass is 16.1. The molecule has 4 N–H and O–H groups in total. The molecule has 14 heavy (non-hydrogen) atoms. The lowest BCUT2D eigenvalue weighted by atomic mass is 10.1. The molecule has 4 nitrogen and oxygen atoms in total. The van der Waals surface area contributed by atoms with Gasteiger partial charge in [-0.2, -0.15) is 0 Å². The zero-order valence-corrected chi connectivity index (χ0v) is 9.49. The molecule has 0 radical (unpaired) electrons. The van der Waals surface area contributed by atoms with Crippen LogP contribution in [-0.2, 0) is 4.79 Å². The Balaban J connectivity index is 4.32. The molecule has 0 aliphatic carbocycles. The highest BCUT2D eigenvalue weighted by Gasteiger charge is 2.20. The average Bonchev–Trinajstić information content (AvgIpc) is 2.10. The van der Waals surface area contributed by atoms with Gasteiger partial charge in [-0.05, 0) is 26.8 Å². The van der Waals surface area contributed by atoms with E-state index in [1.165, 1.54) is 0 Å². The van der Waals surface area contributed by atoms with E-state index in [0.29, 0.717) is 19.0 Å². The molecule has 0 spiro atoms. The maximum Gasteiger partial charge on any atom is 0.219 e. The second kappa shape index (κ2) is 6.79. The summed E-state index contributed by atoms with van der Waals surface area (Å²) >= 11 is 0. The third kappa shape index (κ3) is 4.58. The molecule has 0 aromatic carbocycles. The van der Waals surface area contributed by atoms with Crippen molar-refractivity contribution in [2.24, 2.45) is 11.5 Å². The van der Waals surface area contributed by atoms with Crippen LogP contribution in [0.5, 0.6) is 0 Å². The molecular formula is C10H23N3O. The van der Waals surface area contributed by atoms with Gasteiger partial charge in [0.1, 0.15) is 0 Å². The van der Waals surface area contributed by atoms with E-state index in [2.05, 4.69) is 25.7 Å². The maximum atomic E-state index is 10.8. The fourth-order valence-electron chi connectivity index (χ4n) is 1.69. The maximum absolute atomic E-state index is 10.8. The van der Waals surface area contributed by atoms with Gasteiger partial charge in [-0.15, -0.1) is 0 Å². The quantitative estimate of drug-likeness (QED) is 0.622. The third-order valence-electron chi connectivity index (χ3n) is 2.32. The van der Waals surface area contributed by atoms with Crippen LogP contribution in [0.3, 0.4) is 0 Å². The van der Waals surface area contributed by atoms with Crippen LogP contribution >= 0.6 is 0 Å². The number of nitrogens with zero attached hydrogens (tertiary/aromatic N) is 1. The van der Waals surface area contributed by atoms with E-state index in [9.17, 15) is 4.79 Å². The standard InChI is InChI=1S/C10H23N3O/c1-4-5-13(8(2)3)9(7-11)6-10(12)14/h8-9H,4-7,11H2,1-3H3,(H2,12,14). The monoisotopic (exact) mass is 201 g/mol. The first-order chi connectivity index (χ1) is 6.52. The van der Waals surface area contributed by atoms with Crippen molar-refractivity contribution in [3.05, 3.63) is 0 Å². The van der Waals surface area contributed by atoms with Gasteiger partial charge in [0.15, 0.2) is 0 Å². The first kappa shape index (κ1) is 13.4. The van der Waals surface area contributed by atoms with E-state index in [1.807, 2.05) is 0 Å². The van der Waals surface area contributed by atoms with Gasteiger partial charge in [-0.3, -0.25) is 9.69 Å². The summed E-state index contributed by atoms with van der Waals surface area (Å²) in [5, 5.41) is 0. The number of amides is 1. The van der Waals surface area contributed by atoms with Crippen LogP contribution in [0.25, 0.3) is 0 Å². The summed E-state index contributed by atoms with van der Waals surface area (Å²) in [6, 6.07) is 0.496. The molecule has 0 aromatic heterocycles. The molecule has 4 heteroatoms. The second-order valence-electron chi connectivity index (χ2n) is 3.89. The van der Waals surface area contributed by atoms with Crippen LogP contribution in [0.1, 0.15) is 33.6 Å². The second-order valence-corrected chi connectivity index (χ2v) is 3.89. The van der Waals surface area contributed by atoms with Crippen LogP contribution in [-0.4, -0.2) is 36.0 Å². The Morgan fingerprint density at radius 2 is 2.00 bits per heavy atom. The Bertz CT molecular complexity index is 171. The molecule has 1 unspecified atom stereocenters. The van der Waals surface area contributed by atoms with Gasteiger partial charge < -0.3 is 11.5 Å². The number of rotatable bonds is 7. The summed E-state index contributed by atoms with van der Waals surface area (Å²) in [6.07, 6.45) is 1.42. The number of carbonyl (C=O) groups is 1. The number of nitrogens with two attached hydrogens (primary N) is 2. The van der Waals surface area contributed by atoms with Gasteiger partial charge in [0, 0.05) is 25.0 Å². The lowest BCUT2D eigenvalue weighted by Crippen LogP contribution is -2.47. The van der Waals surface area contributed by atoms with Crippen LogP contribution < -0.4 is 11.5 Å². The van der Waals surface area contributed by atoms with Crippen molar-refractivity contribution in [3.63, 3.8) is 0 Å². The SMILES string of the molecule is CCCN(C(C)C)C(CN)CC(N)=O. The number of primary amides is 1. The lowest BCUT2D eigenvalue weighted by molar-refractivity contribution is -0.119. The van der Waals surface area contributed by atoms with Gasteiger partial charge in [-0.1, -0.05) is 6.92 Å². The van der Waals surface area contributed by atoms with Crippen molar-refractivity contribution in [3.8, 4) is 0 Å². The van der Waals surface area contributed by atoms with Gasteiger partial charge in [0.2, 0.25) is 5.91 Å². The highest BCUT2D eigenvalue weighted by molar-refractivity contribution is 5.74. The van der Waals surface area contributed by atoms with Crippen molar-refractivity contribution >= 4 is 5.91 Å². The van der Waals surface area contributed by atoms with E-state index >= 15 is 0 Å². The molecule has 0 aliphatic heterocycles. The van der Waals surface area contributed by atoms with Crippen LogP contribution in [0.2, 0.25) is 0 Å². The highest BCUT2D eigenvalue weighted by Crippen LogP contribution is 2.08. The first-order valence-corrected chi connectivity index (χ1v) is 5.27. The average molecular weight is 201 g/mol. The normalized spacial score (nSPS) is 13.6. The molecular weight excluding hydrogens is 178 g/mol. The summed E-state index contributed by atoms with van der Waals surface area (Å²) in [5.41, 5.74) is 10.8. The Kier molecular flexibility index (Phi) is 6.49. The van der Waals surface area contributed by atoms with E-state index < -0.39 is 0 Å². The van der Waals surface area contributed by atoms with Crippen LogP contribution in [0.4, 0.5) is 0 Å². The smallest absolute Gasteiger partial charge is 0.219 e. The lowest BCUT2D eigenvalue weighted by Gasteiger charge is -2.33. The van der Waals surface area contributed by atoms with Crippen LogP contribution in [0, 0.1) is 0 Å². The summed E-state index contributed by atoms with van der Waals surface area (Å²) < 4.78 is 0. The molecule has 1 amide bonds. The number of carbonyl (C=O) groups excluding carboxylic acids is 1. The largest absolute Gasteiger partial charge is 0.370 e. The van der Waals surface area contributed by atoms with Crippen molar-refractivity contribution in [1.29, 1.82) is 0 Å². The zero-order valence-electron chi connectivity index (χ0n) is 9.49. The summed E-state index contributed by atoms with van der Waals surface area (Å²) in [6.45, 7) is 7.79. The fraction of sp³-hybridized carbons (Fsp3) is 0.900. The van der Waals surface area contributed by atoms with Crippen LogP contribution in [0.15, 0.2) is 0 Å². The molecule has 0 aliphatic rings. The molecule has 0 bridgehead atoms.